The van der Waals surface area contributed by atoms with E-state index in [9.17, 15) is 0 Å². The summed E-state index contributed by atoms with van der Waals surface area (Å²) in [5.41, 5.74) is 12.5. The topological polar surface area (TPSA) is 77.8 Å². The Morgan fingerprint density at radius 1 is 0.321 bits per heavy atom. The van der Waals surface area contributed by atoms with Crippen LogP contribution in [0.4, 0.5) is 0 Å². The minimum absolute atomic E-state index is 0.603. The molecule has 6 heteroatoms. The first kappa shape index (κ1) is 31.8. The van der Waals surface area contributed by atoms with Gasteiger partial charge in [0, 0.05) is 56.2 Å². The van der Waals surface area contributed by atoms with Crippen LogP contribution in [0, 0.1) is 0 Å². The fourth-order valence-electron chi connectivity index (χ4n) is 7.77. The summed E-state index contributed by atoms with van der Waals surface area (Å²) in [6.07, 6.45) is 3.65. The van der Waals surface area contributed by atoms with Gasteiger partial charge < -0.3 is 8.83 Å². The number of benzene rings is 7. The number of furan rings is 2. The van der Waals surface area contributed by atoms with E-state index in [4.69, 9.17) is 23.8 Å². The van der Waals surface area contributed by atoms with Gasteiger partial charge in [0.25, 0.3) is 0 Å². The molecule has 0 N–H and O–H groups in total. The van der Waals surface area contributed by atoms with Gasteiger partial charge in [0.1, 0.15) is 22.3 Å². The van der Waals surface area contributed by atoms with Gasteiger partial charge in [-0.15, -0.1) is 0 Å². The lowest BCUT2D eigenvalue weighted by Gasteiger charge is -2.11. The molecule has 262 valence electrons. The average molecular weight is 719 g/mol. The lowest BCUT2D eigenvalue weighted by Crippen LogP contribution is -2.00. The number of hydrogen-bond donors (Lipinski definition) is 0. The van der Waals surface area contributed by atoms with Crippen LogP contribution in [0.15, 0.2) is 191 Å². The SMILES string of the molecule is c1ccc(-c2nc(-c3ccc(-c4cccnc4)cc3)nc(-c3ccc(-c4ccc(-c5cccc6oc7ccccc7c56)c5oc6ccccc6c45)cc3)n2)cc1. The van der Waals surface area contributed by atoms with Gasteiger partial charge in [-0.25, -0.2) is 15.0 Å². The number of fused-ring (bicyclic) bond motifs is 6. The molecule has 0 fully saturated rings. The molecule has 4 aromatic heterocycles. The molecule has 56 heavy (non-hydrogen) atoms. The van der Waals surface area contributed by atoms with E-state index in [1.54, 1.807) is 6.20 Å². The van der Waals surface area contributed by atoms with Crippen LogP contribution < -0.4 is 0 Å². The first-order valence-corrected chi connectivity index (χ1v) is 18.5. The monoisotopic (exact) mass is 718 g/mol. The smallest absolute Gasteiger partial charge is 0.164 e. The lowest BCUT2D eigenvalue weighted by atomic mass is 9.92. The molecule has 0 spiro atoms. The molecule has 0 atom stereocenters. The molecular weight excluding hydrogens is 689 g/mol. The molecule has 11 rings (SSSR count). The van der Waals surface area contributed by atoms with Crippen LogP contribution in [-0.4, -0.2) is 19.9 Å². The van der Waals surface area contributed by atoms with Crippen LogP contribution in [0.5, 0.6) is 0 Å². The van der Waals surface area contributed by atoms with Crippen molar-refractivity contribution in [1.82, 2.24) is 19.9 Å². The van der Waals surface area contributed by atoms with E-state index in [2.05, 4.69) is 108 Å². The Kier molecular flexibility index (Phi) is 7.38. The second kappa shape index (κ2) is 13.0. The molecule has 0 aliphatic rings. The molecule has 6 nitrogen and oxygen atoms in total. The van der Waals surface area contributed by atoms with Crippen molar-refractivity contribution in [2.24, 2.45) is 0 Å². The van der Waals surface area contributed by atoms with E-state index in [1.807, 2.05) is 72.9 Å². The highest BCUT2D eigenvalue weighted by Crippen LogP contribution is 2.45. The van der Waals surface area contributed by atoms with Crippen LogP contribution in [0.3, 0.4) is 0 Å². The minimum Gasteiger partial charge on any atom is -0.456 e. The first-order valence-electron chi connectivity index (χ1n) is 18.5. The maximum Gasteiger partial charge on any atom is 0.164 e. The summed E-state index contributed by atoms with van der Waals surface area (Å²) < 4.78 is 13.0. The van der Waals surface area contributed by atoms with E-state index < -0.39 is 0 Å². The zero-order valence-electron chi connectivity index (χ0n) is 29.9. The highest BCUT2D eigenvalue weighted by Gasteiger charge is 2.21. The Hall–Kier alpha value is -7.70. The minimum atomic E-state index is 0.603. The third kappa shape index (κ3) is 5.35. The summed E-state index contributed by atoms with van der Waals surface area (Å²) in [4.78, 5) is 19.2. The maximum absolute atomic E-state index is 6.71. The van der Waals surface area contributed by atoms with Crippen molar-refractivity contribution in [1.29, 1.82) is 0 Å². The molecule has 0 bridgehead atoms. The van der Waals surface area contributed by atoms with E-state index in [0.717, 1.165) is 93.9 Å². The highest BCUT2D eigenvalue weighted by atomic mass is 16.3. The van der Waals surface area contributed by atoms with Gasteiger partial charge in [-0.3, -0.25) is 4.98 Å². The summed E-state index contributed by atoms with van der Waals surface area (Å²) in [6.45, 7) is 0. The fourth-order valence-corrected chi connectivity index (χ4v) is 7.77. The Labute approximate surface area is 321 Å². The summed E-state index contributed by atoms with van der Waals surface area (Å²) in [5.74, 6) is 1.83. The van der Waals surface area contributed by atoms with E-state index in [-0.39, 0.29) is 0 Å². The number of hydrogen-bond acceptors (Lipinski definition) is 6. The maximum atomic E-state index is 6.71. The van der Waals surface area contributed by atoms with E-state index in [1.165, 1.54) is 0 Å². The van der Waals surface area contributed by atoms with Crippen molar-refractivity contribution in [3.63, 3.8) is 0 Å². The zero-order chi connectivity index (χ0) is 37.0. The van der Waals surface area contributed by atoms with Crippen molar-refractivity contribution in [3.05, 3.63) is 182 Å². The Bertz CT molecular complexity index is 3220. The van der Waals surface area contributed by atoms with E-state index >= 15 is 0 Å². The summed E-state index contributed by atoms with van der Waals surface area (Å²) >= 11 is 0. The number of para-hydroxylation sites is 2. The largest absolute Gasteiger partial charge is 0.456 e. The third-order valence-corrected chi connectivity index (χ3v) is 10.5. The highest BCUT2D eigenvalue weighted by molar-refractivity contribution is 6.20. The molecule has 0 saturated heterocycles. The van der Waals surface area contributed by atoms with Gasteiger partial charge >= 0.3 is 0 Å². The van der Waals surface area contributed by atoms with Crippen molar-refractivity contribution in [2.45, 2.75) is 0 Å². The second-order valence-electron chi connectivity index (χ2n) is 13.8. The predicted molar refractivity (Wildman–Crippen MR) is 225 cm³/mol. The molecular formula is C50H30N4O2. The molecule has 0 aliphatic heterocycles. The van der Waals surface area contributed by atoms with Crippen LogP contribution in [0.1, 0.15) is 0 Å². The Morgan fingerprint density at radius 3 is 1.54 bits per heavy atom. The normalized spacial score (nSPS) is 11.6. The van der Waals surface area contributed by atoms with Gasteiger partial charge in [0.2, 0.25) is 0 Å². The predicted octanol–water partition coefficient (Wildman–Crippen LogP) is 13.1. The first-order chi connectivity index (χ1) is 27.7. The number of pyridine rings is 1. The average Bonchev–Trinajstić information content (AvgIpc) is 3.86. The van der Waals surface area contributed by atoms with Crippen molar-refractivity contribution >= 4 is 43.9 Å². The summed E-state index contributed by atoms with van der Waals surface area (Å²) in [5, 5.41) is 4.30. The quantitative estimate of drug-likeness (QED) is 0.170. The Balaban J connectivity index is 1.03. The van der Waals surface area contributed by atoms with Crippen molar-refractivity contribution in [2.75, 3.05) is 0 Å². The zero-order valence-corrected chi connectivity index (χ0v) is 29.9. The molecule has 0 saturated carbocycles. The van der Waals surface area contributed by atoms with Crippen LogP contribution >= 0.6 is 0 Å². The molecule has 0 aliphatic carbocycles. The molecule has 4 heterocycles. The lowest BCUT2D eigenvalue weighted by molar-refractivity contribution is 0.668. The Morgan fingerprint density at radius 2 is 0.857 bits per heavy atom. The fraction of sp³-hybridized carbons (Fsp3) is 0. The molecule has 0 radical (unpaired) electrons. The van der Waals surface area contributed by atoms with Gasteiger partial charge in [-0.05, 0) is 58.1 Å². The van der Waals surface area contributed by atoms with Gasteiger partial charge in [-0.1, -0.05) is 140 Å². The van der Waals surface area contributed by atoms with Gasteiger partial charge in [-0.2, -0.15) is 0 Å². The molecule has 0 amide bonds. The summed E-state index contributed by atoms with van der Waals surface area (Å²) in [6, 6.07) is 57.9. The van der Waals surface area contributed by atoms with Crippen molar-refractivity contribution < 1.29 is 8.83 Å². The summed E-state index contributed by atoms with van der Waals surface area (Å²) in [7, 11) is 0. The van der Waals surface area contributed by atoms with Crippen molar-refractivity contribution in [3.8, 4) is 67.5 Å². The molecule has 0 unspecified atom stereocenters. The van der Waals surface area contributed by atoms with E-state index in [0.29, 0.717) is 17.5 Å². The van der Waals surface area contributed by atoms with Crippen LogP contribution in [0.25, 0.3) is 111 Å². The van der Waals surface area contributed by atoms with Gasteiger partial charge in [0.05, 0.1) is 0 Å². The molecule has 7 aromatic carbocycles. The number of nitrogens with zero attached hydrogens (tertiary/aromatic N) is 4. The number of rotatable bonds is 6. The third-order valence-electron chi connectivity index (χ3n) is 10.5. The number of aromatic nitrogens is 4. The second-order valence-corrected chi connectivity index (χ2v) is 13.8. The van der Waals surface area contributed by atoms with Crippen LogP contribution in [-0.2, 0) is 0 Å². The molecule has 11 aromatic rings. The van der Waals surface area contributed by atoms with Crippen LogP contribution in [0.2, 0.25) is 0 Å². The van der Waals surface area contributed by atoms with Gasteiger partial charge in [0.15, 0.2) is 17.5 Å². The standard InChI is InChI=1S/C50H30N4O2/c1-2-10-33(11-3-1)48-52-49(34-23-19-31(20-24-34)36-12-9-29-51-30-36)54-50(53-48)35-25-21-32(22-26-35)37-27-28-39(47-46(37)41-14-5-7-17-43(41)56-47)38-15-8-18-44-45(38)40-13-4-6-16-42(40)55-44/h1-30H.